The highest BCUT2D eigenvalue weighted by Gasteiger charge is 2.17. The first-order valence-corrected chi connectivity index (χ1v) is 11.5. The van der Waals surface area contributed by atoms with Crippen LogP contribution in [0.4, 0.5) is 5.95 Å². The SMILES string of the molecule is CCN(CC)CCn1c(NC(=O)CNC(=O)c2ccc3c(c2)CCC3)nc2ccccc21. The Labute approximate surface area is 188 Å². The summed E-state index contributed by atoms with van der Waals surface area (Å²) in [4.78, 5) is 32.1. The minimum atomic E-state index is -0.293. The lowest BCUT2D eigenvalue weighted by Crippen LogP contribution is -2.34. The van der Waals surface area contributed by atoms with Crippen molar-refractivity contribution in [3.63, 3.8) is 0 Å². The van der Waals surface area contributed by atoms with Gasteiger partial charge in [-0.1, -0.05) is 32.0 Å². The van der Waals surface area contributed by atoms with Crippen LogP contribution in [0.3, 0.4) is 0 Å². The zero-order valence-corrected chi connectivity index (χ0v) is 18.9. The lowest BCUT2D eigenvalue weighted by molar-refractivity contribution is -0.115. The molecule has 7 heteroatoms. The number of rotatable bonds is 9. The van der Waals surface area contributed by atoms with Crippen molar-refractivity contribution >= 4 is 28.8 Å². The molecule has 0 bridgehead atoms. The van der Waals surface area contributed by atoms with Crippen molar-refractivity contribution in [3.05, 3.63) is 59.2 Å². The average molecular weight is 434 g/mol. The van der Waals surface area contributed by atoms with E-state index in [9.17, 15) is 9.59 Å². The fourth-order valence-electron chi connectivity index (χ4n) is 4.32. The van der Waals surface area contributed by atoms with Gasteiger partial charge in [-0.2, -0.15) is 0 Å². The topological polar surface area (TPSA) is 79.3 Å². The molecule has 0 aliphatic heterocycles. The highest BCUT2D eigenvalue weighted by Crippen LogP contribution is 2.23. The van der Waals surface area contributed by atoms with Gasteiger partial charge in [-0.15, -0.1) is 0 Å². The van der Waals surface area contributed by atoms with E-state index in [1.807, 2.05) is 47.0 Å². The van der Waals surface area contributed by atoms with Crippen molar-refractivity contribution in [3.8, 4) is 0 Å². The highest BCUT2D eigenvalue weighted by molar-refractivity contribution is 5.99. The monoisotopic (exact) mass is 433 g/mol. The Bertz CT molecular complexity index is 1120. The van der Waals surface area contributed by atoms with Crippen LogP contribution >= 0.6 is 0 Å². The Morgan fingerprint density at radius 1 is 1.06 bits per heavy atom. The van der Waals surface area contributed by atoms with Gasteiger partial charge in [0.2, 0.25) is 11.9 Å². The number of amides is 2. The summed E-state index contributed by atoms with van der Waals surface area (Å²) in [6.07, 6.45) is 3.23. The molecule has 0 atom stereocenters. The molecule has 0 radical (unpaired) electrons. The maximum Gasteiger partial charge on any atom is 0.251 e. The minimum Gasteiger partial charge on any atom is -0.343 e. The predicted octanol–water partition coefficient (Wildman–Crippen LogP) is 3.24. The summed E-state index contributed by atoms with van der Waals surface area (Å²) in [5.74, 6) is -0.0149. The van der Waals surface area contributed by atoms with Gasteiger partial charge < -0.3 is 14.8 Å². The third-order valence-electron chi connectivity index (χ3n) is 6.21. The van der Waals surface area contributed by atoms with Gasteiger partial charge in [0.1, 0.15) is 0 Å². The quantitative estimate of drug-likeness (QED) is 0.543. The van der Waals surface area contributed by atoms with Crippen molar-refractivity contribution in [2.24, 2.45) is 0 Å². The third-order valence-corrected chi connectivity index (χ3v) is 6.21. The van der Waals surface area contributed by atoms with Gasteiger partial charge in [0.05, 0.1) is 17.6 Å². The number of hydrogen-bond donors (Lipinski definition) is 2. The number of carbonyl (C=O) groups excluding carboxylic acids is 2. The second-order valence-electron chi connectivity index (χ2n) is 8.17. The van der Waals surface area contributed by atoms with Crippen LogP contribution < -0.4 is 10.6 Å². The smallest absolute Gasteiger partial charge is 0.251 e. The van der Waals surface area contributed by atoms with Gasteiger partial charge in [-0.05, 0) is 67.7 Å². The second kappa shape index (κ2) is 9.96. The van der Waals surface area contributed by atoms with Crippen LogP contribution in [0.25, 0.3) is 11.0 Å². The molecule has 32 heavy (non-hydrogen) atoms. The third kappa shape index (κ3) is 4.83. The minimum absolute atomic E-state index is 0.102. The van der Waals surface area contributed by atoms with Crippen LogP contribution in [-0.2, 0) is 24.2 Å². The molecule has 2 N–H and O–H groups in total. The fourth-order valence-corrected chi connectivity index (χ4v) is 4.32. The Morgan fingerprint density at radius 2 is 1.84 bits per heavy atom. The van der Waals surface area contributed by atoms with Gasteiger partial charge >= 0.3 is 0 Å². The lowest BCUT2D eigenvalue weighted by atomic mass is 10.1. The maximum atomic E-state index is 12.6. The number of aryl methyl sites for hydroxylation is 2. The van der Waals surface area contributed by atoms with Gasteiger partial charge in [0, 0.05) is 18.7 Å². The van der Waals surface area contributed by atoms with Crippen LogP contribution in [0.1, 0.15) is 41.8 Å². The molecule has 2 amide bonds. The molecule has 1 heterocycles. The number of para-hydroxylation sites is 2. The highest BCUT2D eigenvalue weighted by atomic mass is 16.2. The molecule has 168 valence electrons. The summed E-state index contributed by atoms with van der Waals surface area (Å²) in [6.45, 7) is 7.71. The van der Waals surface area contributed by atoms with Crippen molar-refractivity contribution in [2.75, 3.05) is 31.5 Å². The number of likely N-dealkylation sites (N-methyl/N-ethyl adjacent to an activating group) is 1. The van der Waals surface area contributed by atoms with Crippen LogP contribution in [0.15, 0.2) is 42.5 Å². The van der Waals surface area contributed by atoms with Crippen molar-refractivity contribution < 1.29 is 9.59 Å². The number of fused-ring (bicyclic) bond motifs is 2. The number of imidazole rings is 1. The average Bonchev–Trinajstić information content (AvgIpc) is 3.42. The Morgan fingerprint density at radius 3 is 2.66 bits per heavy atom. The molecule has 0 saturated carbocycles. The Kier molecular flexibility index (Phi) is 6.85. The van der Waals surface area contributed by atoms with Crippen molar-refractivity contribution in [2.45, 2.75) is 39.7 Å². The Hall–Kier alpha value is -3.19. The molecule has 4 rings (SSSR count). The van der Waals surface area contributed by atoms with E-state index in [1.165, 1.54) is 11.1 Å². The molecule has 0 saturated heterocycles. The number of aromatic nitrogens is 2. The zero-order chi connectivity index (χ0) is 22.5. The Balaban J connectivity index is 1.41. The van der Waals surface area contributed by atoms with Crippen LogP contribution in [0.5, 0.6) is 0 Å². The molecule has 1 aliphatic rings. The van der Waals surface area contributed by atoms with E-state index in [2.05, 4.69) is 34.4 Å². The summed E-state index contributed by atoms with van der Waals surface area (Å²) < 4.78 is 2.04. The first-order chi connectivity index (χ1) is 15.6. The first-order valence-electron chi connectivity index (χ1n) is 11.5. The van der Waals surface area contributed by atoms with E-state index in [0.717, 1.165) is 56.5 Å². The van der Waals surface area contributed by atoms with Gasteiger partial charge in [-0.25, -0.2) is 4.98 Å². The van der Waals surface area contributed by atoms with Crippen LogP contribution in [-0.4, -0.2) is 52.4 Å². The predicted molar refractivity (Wildman–Crippen MR) is 127 cm³/mol. The molecule has 3 aromatic rings. The fraction of sp³-hybridized carbons (Fsp3) is 0.400. The largest absolute Gasteiger partial charge is 0.343 e. The van der Waals surface area contributed by atoms with E-state index < -0.39 is 0 Å². The van der Waals surface area contributed by atoms with Crippen molar-refractivity contribution in [1.29, 1.82) is 0 Å². The number of anilines is 1. The second-order valence-corrected chi connectivity index (χ2v) is 8.17. The molecule has 1 aliphatic carbocycles. The summed E-state index contributed by atoms with van der Waals surface area (Å²) >= 11 is 0. The number of nitrogens with one attached hydrogen (secondary N) is 2. The normalized spacial score (nSPS) is 12.8. The number of benzene rings is 2. The standard InChI is InChI=1S/C25H31N5O2/c1-3-29(4-2)14-15-30-22-11-6-5-10-21(22)27-25(30)28-23(31)17-26-24(32)20-13-12-18-8-7-9-19(18)16-20/h5-6,10-13,16H,3-4,7-9,14-15,17H2,1-2H3,(H,26,32)(H,27,28,31). The number of nitrogens with zero attached hydrogens (tertiary/aromatic N) is 3. The zero-order valence-electron chi connectivity index (χ0n) is 18.9. The van der Waals surface area contributed by atoms with E-state index >= 15 is 0 Å². The molecule has 1 aromatic heterocycles. The summed E-state index contributed by atoms with van der Waals surface area (Å²) in [5, 5.41) is 5.62. The van der Waals surface area contributed by atoms with E-state index in [0.29, 0.717) is 11.5 Å². The van der Waals surface area contributed by atoms with Crippen molar-refractivity contribution in [1.82, 2.24) is 19.8 Å². The molecule has 2 aromatic carbocycles. The van der Waals surface area contributed by atoms with Gasteiger partial charge in [-0.3, -0.25) is 14.9 Å². The summed E-state index contributed by atoms with van der Waals surface area (Å²) in [5.41, 5.74) is 4.98. The van der Waals surface area contributed by atoms with E-state index in [1.54, 1.807) is 0 Å². The van der Waals surface area contributed by atoms with Crippen LogP contribution in [0, 0.1) is 0 Å². The molecule has 0 spiro atoms. The van der Waals surface area contributed by atoms with E-state index in [-0.39, 0.29) is 18.4 Å². The summed E-state index contributed by atoms with van der Waals surface area (Å²) in [6, 6.07) is 13.7. The lowest BCUT2D eigenvalue weighted by Gasteiger charge is -2.19. The molecular formula is C25H31N5O2. The molecule has 0 unspecified atom stereocenters. The van der Waals surface area contributed by atoms with Gasteiger partial charge in [0.25, 0.3) is 5.91 Å². The molecule has 0 fully saturated rings. The first kappa shape index (κ1) is 22.0. The summed E-state index contributed by atoms with van der Waals surface area (Å²) in [7, 11) is 0. The van der Waals surface area contributed by atoms with Crippen LogP contribution in [0.2, 0.25) is 0 Å². The maximum absolute atomic E-state index is 12.6. The molecular weight excluding hydrogens is 402 g/mol. The van der Waals surface area contributed by atoms with Gasteiger partial charge in [0.15, 0.2) is 0 Å². The number of carbonyl (C=O) groups is 2. The molecule has 7 nitrogen and oxygen atoms in total. The van der Waals surface area contributed by atoms with E-state index in [4.69, 9.17) is 0 Å². The number of hydrogen-bond acceptors (Lipinski definition) is 4.